The van der Waals surface area contributed by atoms with E-state index in [4.69, 9.17) is 0 Å². The van der Waals surface area contributed by atoms with Crippen molar-refractivity contribution in [3.05, 3.63) is 190 Å². The third kappa shape index (κ3) is 7.44. The molecule has 0 radical (unpaired) electrons. The molecule has 2 aliphatic rings. The van der Waals surface area contributed by atoms with Crippen LogP contribution in [0.15, 0.2) is 146 Å². The summed E-state index contributed by atoms with van der Waals surface area (Å²) in [5.41, 5.74) is 18.3. The minimum absolute atomic E-state index is 0.297. The Bertz CT molecular complexity index is 3350. The Morgan fingerprint density at radius 3 is 1.10 bits per heavy atom. The van der Waals surface area contributed by atoms with E-state index in [9.17, 15) is 0 Å². The molecule has 12 rings (SSSR count). The smallest absolute Gasteiger partial charge is 0.0569 e. The van der Waals surface area contributed by atoms with Gasteiger partial charge in [-0.2, -0.15) is 0 Å². The Labute approximate surface area is 416 Å². The van der Waals surface area contributed by atoms with Crippen LogP contribution in [0.25, 0.3) is 53.9 Å². The molecule has 0 bridgehead atoms. The first-order valence-corrected chi connectivity index (χ1v) is 26.6. The zero-order valence-electron chi connectivity index (χ0n) is 42.7. The first-order valence-electron chi connectivity index (χ1n) is 26.6. The van der Waals surface area contributed by atoms with Crippen molar-refractivity contribution >= 4 is 88.0 Å². The number of nitrogens with zero attached hydrogens (tertiary/aromatic N) is 2. The van der Waals surface area contributed by atoms with Gasteiger partial charge in [0.25, 0.3) is 0 Å². The molecule has 2 aliphatic carbocycles. The van der Waals surface area contributed by atoms with Gasteiger partial charge in [0.1, 0.15) is 0 Å². The molecule has 10 aromatic carbocycles. The fourth-order valence-electron chi connectivity index (χ4n) is 13.1. The highest BCUT2D eigenvalue weighted by Crippen LogP contribution is 2.53. The van der Waals surface area contributed by atoms with Gasteiger partial charge >= 0.3 is 0 Å². The second-order valence-corrected chi connectivity index (χ2v) is 22.1. The van der Waals surface area contributed by atoms with Crippen LogP contribution in [0.2, 0.25) is 0 Å². The van der Waals surface area contributed by atoms with E-state index >= 15 is 0 Å². The van der Waals surface area contributed by atoms with Crippen LogP contribution in [0.4, 0.5) is 34.1 Å². The molecule has 2 nitrogen and oxygen atoms in total. The zero-order valence-corrected chi connectivity index (χ0v) is 42.7. The molecule has 0 atom stereocenters. The molecule has 0 aromatic heterocycles. The van der Waals surface area contributed by atoms with Crippen LogP contribution < -0.4 is 9.80 Å². The fraction of sp³-hybridized carbons (Fsp3) is 0.294. The molecule has 2 heteroatoms. The highest BCUT2D eigenvalue weighted by molar-refractivity contribution is 6.30. The Balaban J connectivity index is 1.18. The first-order chi connectivity index (χ1) is 34.0. The van der Waals surface area contributed by atoms with E-state index in [1.165, 1.54) is 184 Å². The van der Waals surface area contributed by atoms with Crippen LogP contribution in [0, 0.1) is 27.7 Å². The van der Waals surface area contributed by atoms with Gasteiger partial charge < -0.3 is 9.80 Å². The van der Waals surface area contributed by atoms with Crippen LogP contribution in [-0.4, -0.2) is 0 Å². The predicted molar refractivity (Wildman–Crippen MR) is 304 cm³/mol. The third-order valence-electron chi connectivity index (χ3n) is 16.7. The lowest BCUT2D eigenvalue weighted by Crippen LogP contribution is -2.15. The number of aryl methyl sites for hydroxylation is 4. The lowest BCUT2D eigenvalue weighted by Gasteiger charge is -2.33. The summed E-state index contributed by atoms with van der Waals surface area (Å²) >= 11 is 0. The highest BCUT2D eigenvalue weighted by Gasteiger charge is 2.29. The van der Waals surface area contributed by atoms with Crippen molar-refractivity contribution in [3.63, 3.8) is 0 Å². The van der Waals surface area contributed by atoms with Gasteiger partial charge in [-0.1, -0.05) is 162 Å². The van der Waals surface area contributed by atoms with Crippen LogP contribution in [-0.2, 0) is 0 Å². The second-order valence-electron chi connectivity index (χ2n) is 22.1. The first kappa shape index (κ1) is 44.6. The summed E-state index contributed by atoms with van der Waals surface area (Å²) in [6.07, 6.45) is 10.5. The topological polar surface area (TPSA) is 6.48 Å². The molecule has 10 aromatic rings. The van der Waals surface area contributed by atoms with Crippen LogP contribution in [0.1, 0.15) is 147 Å². The maximum atomic E-state index is 2.64. The Hall–Kier alpha value is -6.64. The summed E-state index contributed by atoms with van der Waals surface area (Å²) in [5.74, 6) is 1.90. The zero-order chi connectivity index (χ0) is 47.9. The molecule has 0 spiro atoms. The average Bonchev–Trinajstić information content (AvgIpc) is 4.12. The van der Waals surface area contributed by atoms with Crippen molar-refractivity contribution in [1.29, 1.82) is 0 Å². The SMILES string of the molecule is Cc1ccc2ccc(C)c(N(c3ccc(C4CCCC4)cc3)c3cc(C(C)C)c4ccc5c(N(c6ccc(C7CCCC7)cc6)c6c(C)ccc7ccc(C)cc67)cc(C(C)C)c6ccc3c4c65)c2c1. The minimum Gasteiger partial charge on any atom is -0.309 e. The summed E-state index contributed by atoms with van der Waals surface area (Å²) in [7, 11) is 0. The van der Waals surface area contributed by atoms with Gasteiger partial charge in [-0.15, -0.1) is 0 Å². The van der Waals surface area contributed by atoms with E-state index in [1.807, 2.05) is 0 Å². The Morgan fingerprint density at radius 1 is 0.371 bits per heavy atom. The summed E-state index contributed by atoms with van der Waals surface area (Å²) in [6.45, 7) is 18.6. The molecule has 0 heterocycles. The van der Waals surface area contributed by atoms with E-state index in [-0.39, 0.29) is 0 Å². The van der Waals surface area contributed by atoms with Crippen molar-refractivity contribution in [2.75, 3.05) is 9.80 Å². The molecule has 0 aliphatic heterocycles. The van der Waals surface area contributed by atoms with Gasteiger partial charge in [-0.3, -0.25) is 0 Å². The fourth-order valence-corrected chi connectivity index (χ4v) is 13.1. The number of hydrogen-bond donors (Lipinski definition) is 0. The van der Waals surface area contributed by atoms with E-state index in [0.717, 1.165) is 0 Å². The lowest BCUT2D eigenvalue weighted by molar-refractivity contribution is 0.723. The molecule has 0 N–H and O–H groups in total. The average molecular weight is 913 g/mol. The van der Waals surface area contributed by atoms with Gasteiger partial charge in [-0.25, -0.2) is 0 Å². The molecule has 70 heavy (non-hydrogen) atoms. The van der Waals surface area contributed by atoms with Crippen LogP contribution in [0.5, 0.6) is 0 Å². The van der Waals surface area contributed by atoms with Crippen molar-refractivity contribution < 1.29 is 0 Å². The third-order valence-corrected chi connectivity index (χ3v) is 16.7. The van der Waals surface area contributed by atoms with Crippen molar-refractivity contribution in [3.8, 4) is 0 Å². The monoisotopic (exact) mass is 913 g/mol. The quantitative estimate of drug-likeness (QED) is 0.126. The lowest BCUT2D eigenvalue weighted by atomic mass is 9.83. The van der Waals surface area contributed by atoms with E-state index < -0.39 is 0 Å². The largest absolute Gasteiger partial charge is 0.309 e. The molecule has 0 unspecified atom stereocenters. The molecule has 2 saturated carbocycles. The van der Waals surface area contributed by atoms with Gasteiger partial charge in [-0.05, 0) is 191 Å². The van der Waals surface area contributed by atoms with Crippen molar-refractivity contribution in [2.24, 2.45) is 0 Å². The summed E-state index contributed by atoms with van der Waals surface area (Å²) in [5, 5.41) is 13.1. The number of anilines is 6. The highest BCUT2D eigenvalue weighted by atomic mass is 15.2. The maximum absolute atomic E-state index is 2.64. The summed E-state index contributed by atoms with van der Waals surface area (Å²) in [6, 6.07) is 57.7. The van der Waals surface area contributed by atoms with Gasteiger partial charge in [0.2, 0.25) is 0 Å². The van der Waals surface area contributed by atoms with E-state index in [1.54, 1.807) is 0 Å². The minimum atomic E-state index is 0.297. The number of hydrogen-bond acceptors (Lipinski definition) is 2. The van der Waals surface area contributed by atoms with Crippen molar-refractivity contribution in [2.45, 2.75) is 130 Å². The Morgan fingerprint density at radius 2 is 0.729 bits per heavy atom. The second kappa shape index (κ2) is 17.6. The molecular weight excluding hydrogens is 845 g/mol. The number of fused-ring (bicyclic) bond motifs is 2. The van der Waals surface area contributed by atoms with Gasteiger partial charge in [0, 0.05) is 32.9 Å². The standard InChI is InChI=1S/C68H68N2/c1-41(2)59-39-63(69(53-29-25-49(26-30-53)47-13-9-10-14-47)67-45(7)19-23-51-21-17-43(5)37-61(51)67)57-36-34-56-60(42(3)4)40-64(58-35-33-55(59)65(57)66(56)58)70(54-31-27-50(28-32-54)48-15-11-12-16-48)68-46(8)20-24-52-22-18-44(6)38-62(52)68/h17-42,47-48H,9-16H2,1-8H3. The van der Waals surface area contributed by atoms with Gasteiger partial charge in [0.15, 0.2) is 0 Å². The summed E-state index contributed by atoms with van der Waals surface area (Å²) in [4.78, 5) is 5.27. The maximum Gasteiger partial charge on any atom is 0.0569 e. The van der Waals surface area contributed by atoms with Crippen molar-refractivity contribution in [1.82, 2.24) is 0 Å². The van der Waals surface area contributed by atoms with E-state index in [0.29, 0.717) is 23.7 Å². The summed E-state index contributed by atoms with van der Waals surface area (Å²) < 4.78 is 0. The predicted octanol–water partition coefficient (Wildman–Crippen LogP) is 20.6. The molecule has 0 saturated heterocycles. The normalized spacial score (nSPS) is 14.8. The molecule has 0 amide bonds. The number of benzene rings is 10. The van der Waals surface area contributed by atoms with E-state index in [2.05, 4.69) is 211 Å². The Kier molecular flexibility index (Phi) is 11.2. The molecule has 350 valence electrons. The molecule has 2 fully saturated rings. The number of rotatable bonds is 10. The molecular formula is C68H68N2. The van der Waals surface area contributed by atoms with Crippen LogP contribution in [0.3, 0.4) is 0 Å². The van der Waals surface area contributed by atoms with Crippen LogP contribution >= 0.6 is 0 Å². The van der Waals surface area contributed by atoms with Gasteiger partial charge in [0.05, 0.1) is 22.7 Å².